The molecule has 1 unspecified atom stereocenters. The molecule has 0 aliphatic carbocycles. The van der Waals surface area contributed by atoms with Gasteiger partial charge in [0.15, 0.2) is 0 Å². The molecule has 0 bridgehead atoms. The SMILES string of the molecule is CCC(Cl)CCNC(=O)c1c(F)cccc1F. The number of carbonyl (C=O) groups excluding carboxylic acids is 1. The van der Waals surface area contributed by atoms with Crippen LogP contribution in [0.1, 0.15) is 30.1 Å². The molecule has 2 nitrogen and oxygen atoms in total. The highest BCUT2D eigenvalue weighted by Gasteiger charge is 2.16. The summed E-state index contributed by atoms with van der Waals surface area (Å²) in [5.74, 6) is -2.47. The van der Waals surface area contributed by atoms with Crippen molar-refractivity contribution in [3.63, 3.8) is 0 Å². The topological polar surface area (TPSA) is 29.1 Å². The molecule has 1 aromatic rings. The molecule has 0 spiro atoms. The molecule has 5 heteroatoms. The minimum Gasteiger partial charge on any atom is -0.352 e. The molecule has 94 valence electrons. The maximum absolute atomic E-state index is 13.2. The van der Waals surface area contributed by atoms with Crippen LogP contribution in [0.15, 0.2) is 18.2 Å². The van der Waals surface area contributed by atoms with Crippen LogP contribution in [0.2, 0.25) is 0 Å². The van der Waals surface area contributed by atoms with E-state index in [1.54, 1.807) is 0 Å². The number of benzene rings is 1. The number of hydrogen-bond acceptors (Lipinski definition) is 1. The Balaban J connectivity index is 2.59. The van der Waals surface area contributed by atoms with Gasteiger partial charge in [0.05, 0.1) is 0 Å². The summed E-state index contributed by atoms with van der Waals surface area (Å²) in [7, 11) is 0. The Bertz CT molecular complexity index is 378. The number of carbonyl (C=O) groups is 1. The summed E-state index contributed by atoms with van der Waals surface area (Å²) in [6.45, 7) is 2.23. The zero-order valence-corrected chi connectivity index (χ0v) is 10.2. The predicted octanol–water partition coefficient (Wildman–Crippen LogP) is 3.10. The van der Waals surface area contributed by atoms with E-state index in [0.717, 1.165) is 18.6 Å². The number of rotatable bonds is 5. The van der Waals surface area contributed by atoms with Gasteiger partial charge in [-0.3, -0.25) is 4.79 Å². The molecule has 0 aromatic heterocycles. The molecular formula is C12H14ClF2NO. The van der Waals surface area contributed by atoms with Crippen LogP contribution in [0.25, 0.3) is 0 Å². The summed E-state index contributed by atoms with van der Waals surface area (Å²) in [4.78, 5) is 11.5. The van der Waals surface area contributed by atoms with Crippen molar-refractivity contribution in [1.82, 2.24) is 5.32 Å². The van der Waals surface area contributed by atoms with E-state index in [9.17, 15) is 13.6 Å². The first-order valence-corrected chi connectivity index (χ1v) is 5.86. The van der Waals surface area contributed by atoms with Crippen LogP contribution in [0, 0.1) is 11.6 Å². The highest BCUT2D eigenvalue weighted by molar-refractivity contribution is 6.20. The number of hydrogen-bond donors (Lipinski definition) is 1. The van der Waals surface area contributed by atoms with Gasteiger partial charge >= 0.3 is 0 Å². The van der Waals surface area contributed by atoms with Crippen molar-refractivity contribution in [1.29, 1.82) is 0 Å². The van der Waals surface area contributed by atoms with Gasteiger partial charge in [-0.1, -0.05) is 13.0 Å². The standard InChI is InChI=1S/C12H14ClF2NO/c1-2-8(13)6-7-16-12(17)11-9(14)4-3-5-10(11)15/h3-5,8H,2,6-7H2,1H3,(H,16,17). The normalized spacial score (nSPS) is 12.2. The predicted molar refractivity (Wildman–Crippen MR) is 63.2 cm³/mol. The van der Waals surface area contributed by atoms with Crippen molar-refractivity contribution in [3.05, 3.63) is 35.4 Å². The Kier molecular flexibility index (Phi) is 5.35. The van der Waals surface area contributed by atoms with Gasteiger partial charge in [-0.25, -0.2) is 8.78 Å². The number of nitrogens with one attached hydrogen (secondary N) is 1. The quantitative estimate of drug-likeness (QED) is 0.811. The fourth-order valence-corrected chi connectivity index (χ4v) is 1.46. The lowest BCUT2D eigenvalue weighted by molar-refractivity contribution is 0.0944. The second kappa shape index (κ2) is 6.55. The van der Waals surface area contributed by atoms with Gasteiger partial charge in [0, 0.05) is 11.9 Å². The Morgan fingerprint density at radius 3 is 2.53 bits per heavy atom. The molecule has 0 saturated heterocycles. The van der Waals surface area contributed by atoms with Crippen molar-refractivity contribution >= 4 is 17.5 Å². The number of alkyl halides is 1. The third-order valence-corrected chi connectivity index (χ3v) is 2.90. The third-order valence-electron chi connectivity index (χ3n) is 2.38. The van der Waals surface area contributed by atoms with E-state index in [-0.39, 0.29) is 5.38 Å². The maximum Gasteiger partial charge on any atom is 0.257 e. The van der Waals surface area contributed by atoms with E-state index in [1.807, 2.05) is 6.92 Å². The summed E-state index contributed by atoms with van der Waals surface area (Å²) < 4.78 is 26.5. The van der Waals surface area contributed by atoms with Crippen molar-refractivity contribution in [2.75, 3.05) is 6.54 Å². The smallest absolute Gasteiger partial charge is 0.257 e. The van der Waals surface area contributed by atoms with Gasteiger partial charge < -0.3 is 5.32 Å². The molecule has 0 aliphatic heterocycles. The third kappa shape index (κ3) is 3.97. The monoisotopic (exact) mass is 261 g/mol. The molecule has 1 amide bonds. The lowest BCUT2D eigenvalue weighted by Crippen LogP contribution is -2.27. The lowest BCUT2D eigenvalue weighted by atomic mass is 10.2. The second-order valence-electron chi connectivity index (χ2n) is 3.65. The van der Waals surface area contributed by atoms with Gasteiger partial charge in [-0.05, 0) is 25.0 Å². The molecule has 0 fully saturated rings. The molecule has 0 saturated carbocycles. The average molecular weight is 262 g/mol. The van der Waals surface area contributed by atoms with Crippen LogP contribution < -0.4 is 5.32 Å². The minimum absolute atomic E-state index is 0.0410. The summed E-state index contributed by atoms with van der Waals surface area (Å²) in [5, 5.41) is 2.40. The maximum atomic E-state index is 13.2. The highest BCUT2D eigenvalue weighted by Crippen LogP contribution is 2.12. The van der Waals surface area contributed by atoms with E-state index in [1.165, 1.54) is 6.07 Å². The first-order chi connectivity index (χ1) is 8.06. The molecule has 17 heavy (non-hydrogen) atoms. The van der Waals surface area contributed by atoms with Gasteiger partial charge in [-0.2, -0.15) is 0 Å². The summed E-state index contributed by atoms with van der Waals surface area (Å²) in [5.41, 5.74) is -0.546. The first kappa shape index (κ1) is 13.9. The van der Waals surface area contributed by atoms with E-state index in [0.29, 0.717) is 13.0 Å². The van der Waals surface area contributed by atoms with Gasteiger partial charge in [0.2, 0.25) is 0 Å². The van der Waals surface area contributed by atoms with E-state index in [2.05, 4.69) is 5.32 Å². The molecule has 1 aromatic carbocycles. The largest absolute Gasteiger partial charge is 0.352 e. The number of amides is 1. The molecule has 0 radical (unpaired) electrons. The van der Waals surface area contributed by atoms with Crippen molar-refractivity contribution in [2.45, 2.75) is 25.1 Å². The highest BCUT2D eigenvalue weighted by atomic mass is 35.5. The average Bonchev–Trinajstić information content (AvgIpc) is 2.28. The van der Waals surface area contributed by atoms with E-state index in [4.69, 9.17) is 11.6 Å². The van der Waals surface area contributed by atoms with Gasteiger partial charge in [-0.15, -0.1) is 11.6 Å². The molecule has 1 atom stereocenters. The molecule has 1 N–H and O–H groups in total. The molecule has 1 rings (SSSR count). The van der Waals surface area contributed by atoms with Crippen LogP contribution in [-0.4, -0.2) is 17.8 Å². The zero-order chi connectivity index (χ0) is 12.8. The van der Waals surface area contributed by atoms with Crippen molar-refractivity contribution in [3.8, 4) is 0 Å². The minimum atomic E-state index is -0.861. The van der Waals surface area contributed by atoms with E-state index < -0.39 is 23.1 Å². The zero-order valence-electron chi connectivity index (χ0n) is 9.47. The summed E-state index contributed by atoms with van der Waals surface area (Å²) >= 11 is 5.86. The van der Waals surface area contributed by atoms with Crippen LogP contribution in [-0.2, 0) is 0 Å². The summed E-state index contributed by atoms with van der Waals surface area (Å²) in [6.07, 6.45) is 1.35. The van der Waals surface area contributed by atoms with Crippen LogP contribution >= 0.6 is 11.6 Å². The van der Waals surface area contributed by atoms with Crippen LogP contribution in [0.5, 0.6) is 0 Å². The van der Waals surface area contributed by atoms with Crippen LogP contribution in [0.3, 0.4) is 0 Å². The molecule has 0 aliphatic rings. The van der Waals surface area contributed by atoms with Gasteiger partial charge in [0.1, 0.15) is 17.2 Å². The van der Waals surface area contributed by atoms with E-state index >= 15 is 0 Å². The Morgan fingerprint density at radius 1 is 1.41 bits per heavy atom. The first-order valence-electron chi connectivity index (χ1n) is 5.42. The fourth-order valence-electron chi connectivity index (χ4n) is 1.35. The van der Waals surface area contributed by atoms with Crippen molar-refractivity contribution < 1.29 is 13.6 Å². The molecule has 0 heterocycles. The van der Waals surface area contributed by atoms with Crippen LogP contribution in [0.4, 0.5) is 8.78 Å². The Hall–Kier alpha value is -1.16. The summed E-state index contributed by atoms with van der Waals surface area (Å²) in [6, 6.07) is 3.32. The molecular weight excluding hydrogens is 248 g/mol. The number of halogens is 3. The fraction of sp³-hybridized carbons (Fsp3) is 0.417. The van der Waals surface area contributed by atoms with Crippen molar-refractivity contribution in [2.24, 2.45) is 0 Å². The van der Waals surface area contributed by atoms with Gasteiger partial charge in [0.25, 0.3) is 5.91 Å². The second-order valence-corrected chi connectivity index (χ2v) is 4.26. The Morgan fingerprint density at radius 2 is 2.00 bits per heavy atom. The Labute approximate surface area is 104 Å². The lowest BCUT2D eigenvalue weighted by Gasteiger charge is -2.09.